The van der Waals surface area contributed by atoms with Crippen LogP contribution in [0.5, 0.6) is 5.75 Å². The Morgan fingerprint density at radius 3 is 2.47 bits per heavy atom. The standard InChI is InChI=1S/C28H25NO3/c1-2-3-12-27(30)29(24-15-14-20-8-4-5-9-21(20)28(24)31)18-19-13-16-26-23(17-19)22-10-6-7-11-25(22)32-26/h4-11,13-17,31H,2-3,12,18H2,1H3. The lowest BCUT2D eigenvalue weighted by atomic mass is 10.1. The van der Waals surface area contributed by atoms with E-state index in [1.54, 1.807) is 4.90 Å². The van der Waals surface area contributed by atoms with E-state index in [-0.39, 0.29) is 11.7 Å². The summed E-state index contributed by atoms with van der Waals surface area (Å²) in [7, 11) is 0. The van der Waals surface area contributed by atoms with Crippen LogP contribution in [0.1, 0.15) is 31.7 Å². The number of phenolic OH excluding ortho intramolecular Hbond substituents is 1. The molecule has 0 saturated heterocycles. The van der Waals surface area contributed by atoms with Crippen molar-refractivity contribution in [3.63, 3.8) is 0 Å². The van der Waals surface area contributed by atoms with Gasteiger partial charge in [-0.3, -0.25) is 4.79 Å². The smallest absolute Gasteiger partial charge is 0.227 e. The zero-order valence-electron chi connectivity index (χ0n) is 18.0. The third kappa shape index (κ3) is 3.58. The second-order valence-corrected chi connectivity index (χ2v) is 8.17. The highest BCUT2D eigenvalue weighted by atomic mass is 16.3. The summed E-state index contributed by atoms with van der Waals surface area (Å²) in [6.45, 7) is 2.45. The van der Waals surface area contributed by atoms with Crippen molar-refractivity contribution in [2.45, 2.75) is 32.7 Å². The number of carbonyl (C=O) groups excluding carboxylic acids is 1. The van der Waals surface area contributed by atoms with E-state index in [1.165, 1.54) is 0 Å². The predicted molar refractivity (Wildman–Crippen MR) is 130 cm³/mol. The Balaban J connectivity index is 1.58. The molecule has 1 aromatic heterocycles. The van der Waals surface area contributed by atoms with Gasteiger partial charge in [-0.05, 0) is 41.6 Å². The molecule has 0 bridgehead atoms. The second kappa shape index (κ2) is 8.39. The van der Waals surface area contributed by atoms with Crippen molar-refractivity contribution in [1.82, 2.24) is 0 Å². The lowest BCUT2D eigenvalue weighted by molar-refractivity contribution is -0.118. The molecule has 4 aromatic carbocycles. The number of fused-ring (bicyclic) bond motifs is 4. The molecule has 0 radical (unpaired) electrons. The highest BCUT2D eigenvalue weighted by Crippen LogP contribution is 2.37. The number of aromatic hydroxyl groups is 1. The minimum Gasteiger partial charge on any atom is -0.505 e. The minimum atomic E-state index is 0.00887. The van der Waals surface area contributed by atoms with Gasteiger partial charge in [-0.2, -0.15) is 0 Å². The third-order valence-electron chi connectivity index (χ3n) is 6.00. The largest absolute Gasteiger partial charge is 0.505 e. The van der Waals surface area contributed by atoms with Crippen LogP contribution >= 0.6 is 0 Å². The molecule has 0 aliphatic heterocycles. The number of unbranched alkanes of at least 4 members (excludes halogenated alkanes) is 1. The van der Waals surface area contributed by atoms with Crippen molar-refractivity contribution in [1.29, 1.82) is 0 Å². The van der Waals surface area contributed by atoms with Crippen LogP contribution in [0.4, 0.5) is 5.69 Å². The highest BCUT2D eigenvalue weighted by Gasteiger charge is 2.21. The van der Waals surface area contributed by atoms with Gasteiger partial charge in [0.1, 0.15) is 16.9 Å². The number of hydrogen-bond donors (Lipinski definition) is 1. The topological polar surface area (TPSA) is 53.7 Å². The number of carbonyl (C=O) groups is 1. The van der Waals surface area contributed by atoms with Crippen LogP contribution < -0.4 is 4.90 Å². The summed E-state index contributed by atoms with van der Waals surface area (Å²) < 4.78 is 5.94. The Hall–Kier alpha value is -3.79. The van der Waals surface area contributed by atoms with Gasteiger partial charge in [-0.1, -0.05) is 67.9 Å². The average Bonchev–Trinajstić information content (AvgIpc) is 3.20. The summed E-state index contributed by atoms with van der Waals surface area (Å²) in [5.41, 5.74) is 3.21. The van der Waals surface area contributed by atoms with E-state index in [2.05, 4.69) is 13.0 Å². The van der Waals surface area contributed by atoms with Gasteiger partial charge in [0.05, 0.1) is 12.2 Å². The molecule has 4 heteroatoms. The van der Waals surface area contributed by atoms with Gasteiger partial charge in [-0.15, -0.1) is 0 Å². The molecule has 1 N–H and O–H groups in total. The maximum Gasteiger partial charge on any atom is 0.227 e. The first kappa shape index (κ1) is 20.1. The van der Waals surface area contributed by atoms with Crippen LogP contribution in [0.2, 0.25) is 0 Å². The first-order valence-corrected chi connectivity index (χ1v) is 11.1. The number of hydrogen-bond acceptors (Lipinski definition) is 3. The Bertz CT molecular complexity index is 1430. The molecule has 4 nitrogen and oxygen atoms in total. The van der Waals surface area contributed by atoms with Crippen molar-refractivity contribution in [2.75, 3.05) is 4.90 Å². The predicted octanol–water partition coefficient (Wildman–Crippen LogP) is 7.17. The van der Waals surface area contributed by atoms with Crippen LogP contribution in [0.3, 0.4) is 0 Å². The molecule has 0 unspecified atom stereocenters. The molecule has 0 atom stereocenters. The molecule has 1 amide bonds. The number of furan rings is 1. The van der Waals surface area contributed by atoms with E-state index in [0.29, 0.717) is 18.7 Å². The molecule has 1 heterocycles. The van der Waals surface area contributed by atoms with E-state index in [1.807, 2.05) is 72.8 Å². The number of phenols is 1. The second-order valence-electron chi connectivity index (χ2n) is 8.17. The van der Waals surface area contributed by atoms with Crippen molar-refractivity contribution in [2.24, 2.45) is 0 Å². The van der Waals surface area contributed by atoms with Gasteiger partial charge >= 0.3 is 0 Å². The van der Waals surface area contributed by atoms with Crippen molar-refractivity contribution >= 4 is 44.3 Å². The minimum absolute atomic E-state index is 0.00887. The van der Waals surface area contributed by atoms with E-state index >= 15 is 0 Å². The van der Waals surface area contributed by atoms with Gasteiger partial charge in [0, 0.05) is 22.6 Å². The van der Waals surface area contributed by atoms with Gasteiger partial charge in [0.25, 0.3) is 0 Å². The molecular formula is C28H25NO3. The molecule has 0 saturated carbocycles. The number of para-hydroxylation sites is 1. The number of rotatable bonds is 6. The molecule has 0 spiro atoms. The molecule has 5 aromatic rings. The highest BCUT2D eigenvalue weighted by molar-refractivity contribution is 6.05. The molecule has 0 fully saturated rings. The maximum absolute atomic E-state index is 13.2. The quantitative estimate of drug-likeness (QED) is 0.315. The first-order valence-electron chi connectivity index (χ1n) is 11.1. The van der Waals surface area contributed by atoms with Crippen LogP contribution in [-0.2, 0) is 11.3 Å². The van der Waals surface area contributed by atoms with E-state index in [0.717, 1.165) is 51.1 Å². The van der Waals surface area contributed by atoms with Gasteiger partial charge < -0.3 is 14.4 Å². The van der Waals surface area contributed by atoms with Crippen molar-refractivity contribution < 1.29 is 14.3 Å². The maximum atomic E-state index is 13.2. The fourth-order valence-corrected chi connectivity index (χ4v) is 4.29. The molecule has 0 aliphatic carbocycles. The fourth-order valence-electron chi connectivity index (χ4n) is 4.29. The normalized spacial score (nSPS) is 11.4. The number of anilines is 1. The van der Waals surface area contributed by atoms with Crippen LogP contribution in [0, 0.1) is 0 Å². The lowest BCUT2D eigenvalue weighted by Gasteiger charge is -2.25. The van der Waals surface area contributed by atoms with Gasteiger partial charge in [0.2, 0.25) is 5.91 Å². The van der Waals surface area contributed by atoms with Crippen molar-refractivity contribution in [3.8, 4) is 5.75 Å². The van der Waals surface area contributed by atoms with Crippen molar-refractivity contribution in [3.05, 3.63) is 84.4 Å². The molecule has 160 valence electrons. The number of amides is 1. The average molecular weight is 424 g/mol. The van der Waals surface area contributed by atoms with Gasteiger partial charge in [-0.25, -0.2) is 0 Å². The molecule has 5 rings (SSSR count). The first-order chi connectivity index (χ1) is 15.7. The molecular weight excluding hydrogens is 398 g/mol. The summed E-state index contributed by atoms with van der Waals surface area (Å²) in [6.07, 6.45) is 2.20. The van der Waals surface area contributed by atoms with E-state index < -0.39 is 0 Å². The SMILES string of the molecule is CCCCC(=O)N(Cc1ccc2oc3ccccc3c2c1)c1ccc2ccccc2c1O. The van der Waals surface area contributed by atoms with Crippen LogP contribution in [-0.4, -0.2) is 11.0 Å². The third-order valence-corrected chi connectivity index (χ3v) is 6.00. The Morgan fingerprint density at radius 1 is 0.875 bits per heavy atom. The fraction of sp³-hybridized carbons (Fsp3) is 0.179. The number of nitrogens with zero attached hydrogens (tertiary/aromatic N) is 1. The summed E-state index contributed by atoms with van der Waals surface area (Å²) in [5.74, 6) is 0.150. The van der Waals surface area contributed by atoms with Gasteiger partial charge in [0.15, 0.2) is 0 Å². The lowest BCUT2D eigenvalue weighted by Crippen LogP contribution is -2.30. The van der Waals surface area contributed by atoms with E-state index in [4.69, 9.17) is 4.42 Å². The summed E-state index contributed by atoms with van der Waals surface area (Å²) in [6, 6.07) is 25.5. The number of benzene rings is 4. The molecule has 0 aliphatic rings. The summed E-state index contributed by atoms with van der Waals surface area (Å²) in [4.78, 5) is 14.9. The zero-order valence-corrected chi connectivity index (χ0v) is 18.0. The zero-order chi connectivity index (χ0) is 22.1. The Morgan fingerprint density at radius 2 is 1.62 bits per heavy atom. The van der Waals surface area contributed by atoms with Crippen LogP contribution in [0.25, 0.3) is 32.7 Å². The summed E-state index contributed by atoms with van der Waals surface area (Å²) >= 11 is 0. The monoisotopic (exact) mass is 423 g/mol. The Kier molecular flexibility index (Phi) is 5.28. The van der Waals surface area contributed by atoms with Crippen LogP contribution in [0.15, 0.2) is 83.3 Å². The molecule has 32 heavy (non-hydrogen) atoms. The summed E-state index contributed by atoms with van der Waals surface area (Å²) in [5, 5.41) is 14.8. The Labute approximate surface area is 186 Å². The van der Waals surface area contributed by atoms with E-state index in [9.17, 15) is 9.90 Å².